The minimum absolute atomic E-state index is 0.530. The van der Waals surface area contributed by atoms with E-state index in [1.807, 2.05) is 4.52 Å². The van der Waals surface area contributed by atoms with Gasteiger partial charge in [0, 0.05) is 16.4 Å². The molecular weight excluding hydrogens is 290 g/mol. The first-order valence-electron chi connectivity index (χ1n) is 6.73. The Morgan fingerprint density at radius 2 is 2.00 bits per heavy atom. The SMILES string of the molecule is Cc1sc(N)c(-c2nn3c(C4CCC4)nnc3s2)c1C. The molecule has 3 aromatic heterocycles. The van der Waals surface area contributed by atoms with Crippen molar-refractivity contribution in [2.45, 2.75) is 39.0 Å². The van der Waals surface area contributed by atoms with Crippen LogP contribution >= 0.6 is 22.7 Å². The van der Waals surface area contributed by atoms with Crippen molar-refractivity contribution in [3.05, 3.63) is 16.3 Å². The Labute approximate surface area is 124 Å². The molecule has 1 aliphatic carbocycles. The lowest BCUT2D eigenvalue weighted by Crippen LogP contribution is -2.13. The average molecular weight is 305 g/mol. The van der Waals surface area contributed by atoms with Gasteiger partial charge in [-0.2, -0.15) is 9.61 Å². The number of fused-ring (bicyclic) bond motifs is 1. The van der Waals surface area contributed by atoms with Gasteiger partial charge in [-0.3, -0.25) is 0 Å². The van der Waals surface area contributed by atoms with E-state index in [0.29, 0.717) is 5.92 Å². The van der Waals surface area contributed by atoms with Crippen LogP contribution in [0.25, 0.3) is 15.5 Å². The summed E-state index contributed by atoms with van der Waals surface area (Å²) < 4.78 is 1.91. The molecule has 0 aliphatic heterocycles. The molecule has 0 atom stereocenters. The summed E-state index contributed by atoms with van der Waals surface area (Å²) in [5, 5.41) is 15.1. The van der Waals surface area contributed by atoms with Crippen LogP contribution in [0.3, 0.4) is 0 Å². The van der Waals surface area contributed by atoms with E-state index >= 15 is 0 Å². The van der Waals surface area contributed by atoms with Crippen LogP contribution in [0, 0.1) is 13.8 Å². The van der Waals surface area contributed by atoms with Crippen LogP contribution in [0.1, 0.15) is 41.4 Å². The van der Waals surface area contributed by atoms with Crippen molar-refractivity contribution in [2.24, 2.45) is 0 Å². The van der Waals surface area contributed by atoms with Crippen molar-refractivity contribution in [1.82, 2.24) is 19.8 Å². The fourth-order valence-electron chi connectivity index (χ4n) is 2.57. The van der Waals surface area contributed by atoms with E-state index in [9.17, 15) is 0 Å². The molecule has 4 rings (SSSR count). The van der Waals surface area contributed by atoms with Crippen LogP contribution in [0.4, 0.5) is 5.00 Å². The first-order valence-corrected chi connectivity index (χ1v) is 8.36. The van der Waals surface area contributed by atoms with Gasteiger partial charge in [-0.25, -0.2) is 0 Å². The van der Waals surface area contributed by atoms with Gasteiger partial charge < -0.3 is 5.73 Å². The molecule has 3 aromatic rings. The van der Waals surface area contributed by atoms with E-state index in [-0.39, 0.29) is 0 Å². The van der Waals surface area contributed by atoms with Gasteiger partial charge in [-0.1, -0.05) is 17.8 Å². The predicted molar refractivity (Wildman–Crippen MR) is 82.5 cm³/mol. The lowest BCUT2D eigenvalue weighted by Gasteiger charge is -2.22. The molecule has 0 unspecified atom stereocenters. The number of aryl methyl sites for hydroxylation is 1. The summed E-state index contributed by atoms with van der Waals surface area (Å²) in [5.74, 6) is 1.54. The van der Waals surface area contributed by atoms with Crippen molar-refractivity contribution in [3.8, 4) is 10.6 Å². The van der Waals surface area contributed by atoms with Gasteiger partial charge in [-0.15, -0.1) is 21.5 Å². The van der Waals surface area contributed by atoms with Gasteiger partial charge in [-0.05, 0) is 32.3 Å². The van der Waals surface area contributed by atoms with Gasteiger partial charge in [0.15, 0.2) is 10.8 Å². The Balaban J connectivity index is 1.86. The summed E-state index contributed by atoms with van der Waals surface area (Å²) in [6.07, 6.45) is 3.69. The molecule has 7 heteroatoms. The number of nitrogen functional groups attached to an aromatic ring is 1. The minimum atomic E-state index is 0.530. The second-order valence-electron chi connectivity index (χ2n) is 5.31. The third kappa shape index (κ3) is 1.63. The predicted octanol–water partition coefficient (Wildman–Crippen LogP) is 3.38. The molecule has 0 aromatic carbocycles. The molecule has 1 fully saturated rings. The van der Waals surface area contributed by atoms with Crippen molar-refractivity contribution in [1.29, 1.82) is 0 Å². The maximum absolute atomic E-state index is 6.14. The molecule has 104 valence electrons. The molecule has 0 amide bonds. The van der Waals surface area contributed by atoms with Gasteiger partial charge in [0.1, 0.15) is 0 Å². The zero-order valence-electron chi connectivity index (χ0n) is 11.4. The first kappa shape index (κ1) is 12.3. The molecule has 1 saturated carbocycles. The maximum atomic E-state index is 6.14. The highest BCUT2D eigenvalue weighted by molar-refractivity contribution is 7.21. The molecule has 5 nitrogen and oxygen atoms in total. The van der Waals surface area contributed by atoms with E-state index in [4.69, 9.17) is 10.8 Å². The van der Waals surface area contributed by atoms with Crippen LogP contribution in [-0.4, -0.2) is 19.8 Å². The van der Waals surface area contributed by atoms with E-state index in [1.54, 1.807) is 22.7 Å². The van der Waals surface area contributed by atoms with Crippen LogP contribution < -0.4 is 5.73 Å². The molecule has 3 heterocycles. The highest BCUT2D eigenvalue weighted by atomic mass is 32.1. The van der Waals surface area contributed by atoms with E-state index < -0.39 is 0 Å². The number of nitrogens with zero attached hydrogens (tertiary/aromatic N) is 4. The zero-order valence-corrected chi connectivity index (χ0v) is 13.0. The highest BCUT2D eigenvalue weighted by Gasteiger charge is 2.27. The molecule has 20 heavy (non-hydrogen) atoms. The summed E-state index contributed by atoms with van der Waals surface area (Å²) in [4.78, 5) is 2.12. The second kappa shape index (κ2) is 4.26. The van der Waals surface area contributed by atoms with Gasteiger partial charge in [0.05, 0.1) is 5.00 Å². The molecule has 1 aliphatic rings. The normalized spacial score (nSPS) is 15.9. The Morgan fingerprint density at radius 1 is 1.20 bits per heavy atom. The van der Waals surface area contributed by atoms with Crippen molar-refractivity contribution in [2.75, 3.05) is 5.73 Å². The van der Waals surface area contributed by atoms with Crippen LogP contribution in [0.15, 0.2) is 0 Å². The lowest BCUT2D eigenvalue weighted by molar-refractivity contribution is 0.395. The molecule has 0 bridgehead atoms. The van der Waals surface area contributed by atoms with Crippen LogP contribution in [0.2, 0.25) is 0 Å². The smallest absolute Gasteiger partial charge is 0.234 e. The second-order valence-corrected chi connectivity index (χ2v) is 7.52. The van der Waals surface area contributed by atoms with E-state index in [2.05, 4.69) is 24.0 Å². The van der Waals surface area contributed by atoms with Gasteiger partial charge in [0.2, 0.25) is 4.96 Å². The average Bonchev–Trinajstić information content (AvgIpc) is 2.95. The number of hydrogen-bond donors (Lipinski definition) is 1. The topological polar surface area (TPSA) is 69.1 Å². The molecule has 0 saturated heterocycles. The molecule has 2 N–H and O–H groups in total. The highest BCUT2D eigenvalue weighted by Crippen LogP contribution is 2.41. The van der Waals surface area contributed by atoms with Crippen molar-refractivity contribution < 1.29 is 0 Å². The Morgan fingerprint density at radius 3 is 2.60 bits per heavy atom. The van der Waals surface area contributed by atoms with E-state index in [0.717, 1.165) is 26.4 Å². The standard InChI is InChI=1S/C13H15N5S2/c1-6-7(2)19-10(14)9(6)12-17-18-11(8-4-3-5-8)15-16-13(18)20-12/h8H,3-5,14H2,1-2H3. The third-order valence-electron chi connectivity index (χ3n) is 4.11. The summed E-state index contributed by atoms with van der Waals surface area (Å²) >= 11 is 3.20. The largest absolute Gasteiger partial charge is 0.390 e. The van der Waals surface area contributed by atoms with Crippen molar-refractivity contribution >= 4 is 32.6 Å². The Kier molecular flexibility index (Phi) is 2.62. The fraction of sp³-hybridized carbons (Fsp3) is 0.462. The summed E-state index contributed by atoms with van der Waals surface area (Å²) in [5.41, 5.74) is 8.44. The summed E-state index contributed by atoms with van der Waals surface area (Å²) in [7, 11) is 0. The number of aromatic nitrogens is 4. The zero-order chi connectivity index (χ0) is 13.9. The fourth-order valence-corrected chi connectivity index (χ4v) is 4.54. The number of hydrogen-bond acceptors (Lipinski definition) is 6. The number of thiophene rings is 1. The Hall–Kier alpha value is -1.47. The molecule has 0 radical (unpaired) electrons. The first-order chi connectivity index (χ1) is 9.65. The maximum Gasteiger partial charge on any atom is 0.234 e. The molecule has 0 spiro atoms. The third-order valence-corrected chi connectivity index (χ3v) is 6.06. The quantitative estimate of drug-likeness (QED) is 0.788. The summed E-state index contributed by atoms with van der Waals surface area (Å²) in [6, 6.07) is 0. The van der Waals surface area contributed by atoms with E-state index in [1.165, 1.54) is 29.7 Å². The number of anilines is 1. The molecular formula is C13H15N5S2. The van der Waals surface area contributed by atoms with Crippen molar-refractivity contribution in [3.63, 3.8) is 0 Å². The van der Waals surface area contributed by atoms with Gasteiger partial charge in [0.25, 0.3) is 0 Å². The van der Waals surface area contributed by atoms with Gasteiger partial charge >= 0.3 is 0 Å². The Bertz CT molecular complexity index is 793. The number of nitrogens with two attached hydrogens (primary N) is 1. The minimum Gasteiger partial charge on any atom is -0.390 e. The van der Waals surface area contributed by atoms with Crippen LogP contribution in [0.5, 0.6) is 0 Å². The van der Waals surface area contributed by atoms with Crippen LogP contribution in [-0.2, 0) is 0 Å². The summed E-state index contributed by atoms with van der Waals surface area (Å²) in [6.45, 7) is 4.20. The number of rotatable bonds is 2. The lowest BCUT2D eigenvalue weighted by atomic mass is 9.85. The monoisotopic (exact) mass is 305 g/mol.